The third kappa shape index (κ3) is 3.43. The van der Waals surface area contributed by atoms with Crippen molar-refractivity contribution in [2.24, 2.45) is 0 Å². The van der Waals surface area contributed by atoms with E-state index >= 15 is 0 Å². The molecule has 0 aromatic rings. The Morgan fingerprint density at radius 1 is 2.00 bits per heavy atom. The molecule has 0 aliphatic heterocycles. The predicted molar refractivity (Wildman–Crippen MR) is 18.8 cm³/mol. The summed E-state index contributed by atoms with van der Waals surface area (Å²) in [5.41, 5.74) is 0. The molecule has 1 N–H and O–H groups in total. The molecule has 0 heterocycles. The van der Waals surface area contributed by atoms with Gasteiger partial charge in [0.05, 0.1) is 0 Å². The van der Waals surface area contributed by atoms with Crippen molar-refractivity contribution in [1.29, 1.82) is 0 Å². The molecule has 0 unspecified atom stereocenters. The van der Waals surface area contributed by atoms with E-state index in [1.165, 1.54) is 6.92 Å². The molecule has 0 amide bonds. The summed E-state index contributed by atoms with van der Waals surface area (Å²) in [4.78, 5) is 9.23. The van der Waals surface area contributed by atoms with Crippen molar-refractivity contribution in [2.75, 3.05) is 0 Å². The minimum Gasteiger partial charge on any atom is -0.438 e. The van der Waals surface area contributed by atoms with E-state index in [9.17, 15) is 4.79 Å². The van der Waals surface area contributed by atoms with Crippen LogP contribution in [0.2, 0.25) is 0 Å². The number of aliphatic hydroxyl groups is 1. The third-order valence-corrected chi connectivity index (χ3v) is 0.252. The van der Waals surface area contributed by atoms with Gasteiger partial charge < -0.3 is 9.84 Å². The maximum atomic E-state index is 9.23. The van der Waals surface area contributed by atoms with Crippen LogP contribution in [0.4, 0.5) is 0 Å². The van der Waals surface area contributed by atoms with Crippen LogP contribution in [0.25, 0.3) is 0 Å². The Morgan fingerprint density at radius 3 is 2.50 bits per heavy atom. The first-order valence-electron chi connectivity index (χ1n) is 1.54. The zero-order valence-corrected chi connectivity index (χ0v) is 3.42. The Hall–Kier alpha value is -0.570. The monoisotopic (exact) mass is 90.0 g/mol. The Kier molecular flexibility index (Phi) is 2.40. The lowest BCUT2D eigenvalue weighted by Gasteiger charge is -1.95. The van der Waals surface area contributed by atoms with Crippen LogP contribution in [0, 0.1) is 0 Å². The molecule has 0 aromatic heterocycles. The van der Waals surface area contributed by atoms with Crippen molar-refractivity contribution in [1.82, 2.24) is 0 Å². The van der Waals surface area contributed by atoms with Crippen molar-refractivity contribution in [3.63, 3.8) is 0 Å². The van der Waals surface area contributed by atoms with E-state index in [1.54, 1.807) is 0 Å². The van der Waals surface area contributed by atoms with E-state index in [-0.39, 0.29) is 6.47 Å². The lowest BCUT2D eigenvalue weighted by Crippen LogP contribution is -2.02. The van der Waals surface area contributed by atoms with Gasteiger partial charge in [-0.2, -0.15) is 0 Å². The molecular formula is C3H6O3. The average molecular weight is 90.1 g/mol. The average Bonchev–Trinajstić information content (AvgIpc) is 1.35. The van der Waals surface area contributed by atoms with Crippen LogP contribution >= 0.6 is 0 Å². The third-order valence-electron chi connectivity index (χ3n) is 0.252. The van der Waals surface area contributed by atoms with Gasteiger partial charge in [-0.1, -0.05) is 0 Å². The van der Waals surface area contributed by atoms with Crippen LogP contribution in [0.5, 0.6) is 0 Å². The molecule has 0 aromatic carbocycles. The first-order chi connectivity index (χ1) is 2.77. The second-order valence-corrected chi connectivity index (χ2v) is 0.832. The van der Waals surface area contributed by atoms with E-state index in [2.05, 4.69) is 4.74 Å². The number of hydrogen-bond acceptors (Lipinski definition) is 3. The molecule has 0 saturated heterocycles. The topological polar surface area (TPSA) is 46.5 Å². The van der Waals surface area contributed by atoms with Gasteiger partial charge in [0.25, 0.3) is 6.47 Å². The minimum atomic E-state index is -0.970. The van der Waals surface area contributed by atoms with Crippen LogP contribution in [0.1, 0.15) is 6.92 Å². The molecule has 0 fully saturated rings. The molecule has 36 valence electrons. The van der Waals surface area contributed by atoms with Gasteiger partial charge in [-0.3, -0.25) is 4.79 Å². The number of ether oxygens (including phenoxy) is 1. The highest BCUT2D eigenvalue weighted by atomic mass is 16.6. The first kappa shape index (κ1) is 5.43. The van der Waals surface area contributed by atoms with E-state index in [1.807, 2.05) is 0 Å². The molecule has 0 aliphatic rings. The number of rotatable bonds is 2. The molecule has 0 aliphatic carbocycles. The van der Waals surface area contributed by atoms with Gasteiger partial charge in [0, 0.05) is 0 Å². The number of carbonyl (C=O) groups excluding carboxylic acids is 1. The summed E-state index contributed by atoms with van der Waals surface area (Å²) < 4.78 is 3.92. The van der Waals surface area contributed by atoms with Crippen LogP contribution in [0.3, 0.4) is 0 Å². The second-order valence-electron chi connectivity index (χ2n) is 0.832. The summed E-state index contributed by atoms with van der Waals surface area (Å²) in [7, 11) is 0. The largest absolute Gasteiger partial charge is 0.438 e. The van der Waals surface area contributed by atoms with Crippen LogP contribution in [0.15, 0.2) is 0 Å². The van der Waals surface area contributed by atoms with E-state index < -0.39 is 6.29 Å². The molecule has 0 radical (unpaired) electrons. The molecule has 1 atom stereocenters. The van der Waals surface area contributed by atoms with Crippen LogP contribution < -0.4 is 0 Å². The fourth-order valence-corrected chi connectivity index (χ4v) is 0.0804. The Balaban J connectivity index is 2.81. The van der Waals surface area contributed by atoms with E-state index in [0.717, 1.165) is 0 Å². The fraction of sp³-hybridized carbons (Fsp3) is 0.667. The quantitative estimate of drug-likeness (QED) is 0.367. The van der Waals surface area contributed by atoms with Gasteiger partial charge in [0.15, 0.2) is 6.29 Å². The lowest BCUT2D eigenvalue weighted by molar-refractivity contribution is -0.148. The zero-order valence-electron chi connectivity index (χ0n) is 3.42. The SMILES string of the molecule is C[C@@H](O)OC=O. The molecule has 0 saturated carbocycles. The summed E-state index contributed by atoms with van der Waals surface area (Å²) >= 11 is 0. The minimum absolute atomic E-state index is 0.199. The summed E-state index contributed by atoms with van der Waals surface area (Å²) in [6, 6.07) is 0. The van der Waals surface area contributed by atoms with Crippen molar-refractivity contribution in [3.05, 3.63) is 0 Å². The van der Waals surface area contributed by atoms with Gasteiger partial charge in [-0.05, 0) is 6.92 Å². The summed E-state index contributed by atoms with van der Waals surface area (Å²) in [6.07, 6.45) is -0.970. The highest BCUT2D eigenvalue weighted by Crippen LogP contribution is 1.73. The van der Waals surface area contributed by atoms with Gasteiger partial charge in [0.2, 0.25) is 0 Å². The number of aliphatic hydroxyl groups excluding tert-OH is 1. The van der Waals surface area contributed by atoms with E-state index in [0.29, 0.717) is 0 Å². The molecule has 3 nitrogen and oxygen atoms in total. The molecule has 0 spiro atoms. The molecule has 3 heteroatoms. The Labute approximate surface area is 35.5 Å². The smallest absolute Gasteiger partial charge is 0.295 e. The summed E-state index contributed by atoms with van der Waals surface area (Å²) in [6.45, 7) is 1.55. The van der Waals surface area contributed by atoms with Gasteiger partial charge in [-0.25, -0.2) is 0 Å². The highest BCUT2D eigenvalue weighted by molar-refractivity contribution is 5.36. The van der Waals surface area contributed by atoms with Crippen molar-refractivity contribution in [3.8, 4) is 0 Å². The van der Waals surface area contributed by atoms with Gasteiger partial charge in [0.1, 0.15) is 0 Å². The zero-order chi connectivity index (χ0) is 4.99. The molecule has 6 heavy (non-hydrogen) atoms. The van der Waals surface area contributed by atoms with Gasteiger partial charge in [-0.15, -0.1) is 0 Å². The summed E-state index contributed by atoms with van der Waals surface area (Å²) in [5, 5.41) is 8.10. The maximum absolute atomic E-state index is 9.23. The molecule has 0 rings (SSSR count). The number of hydrogen-bond donors (Lipinski definition) is 1. The second kappa shape index (κ2) is 2.66. The van der Waals surface area contributed by atoms with Crippen molar-refractivity contribution in [2.45, 2.75) is 13.2 Å². The van der Waals surface area contributed by atoms with Crippen molar-refractivity contribution < 1.29 is 14.6 Å². The summed E-state index contributed by atoms with van der Waals surface area (Å²) in [5.74, 6) is 0. The standard InChI is InChI=1S/C3H6O3/c1-3(5)6-2-4/h2-3,5H,1H3/t3-/m0/s1. The lowest BCUT2D eigenvalue weighted by atomic mass is 10.8. The van der Waals surface area contributed by atoms with Crippen molar-refractivity contribution >= 4 is 6.47 Å². The van der Waals surface area contributed by atoms with Crippen LogP contribution in [-0.2, 0) is 9.53 Å². The highest BCUT2D eigenvalue weighted by Gasteiger charge is 1.85. The maximum Gasteiger partial charge on any atom is 0.295 e. The normalized spacial score (nSPS) is 13.0. The van der Waals surface area contributed by atoms with Crippen LogP contribution in [-0.4, -0.2) is 17.9 Å². The van der Waals surface area contributed by atoms with Gasteiger partial charge >= 0.3 is 0 Å². The molecular weight excluding hydrogens is 84.0 g/mol. The fourth-order valence-electron chi connectivity index (χ4n) is 0.0804. The Morgan fingerprint density at radius 2 is 2.50 bits per heavy atom. The first-order valence-corrected chi connectivity index (χ1v) is 1.54. The van der Waals surface area contributed by atoms with E-state index in [4.69, 9.17) is 5.11 Å². The Bertz CT molecular complexity index is 41.3. The molecule has 0 bridgehead atoms. The number of carbonyl (C=O) groups is 1. The predicted octanol–water partition coefficient (Wildman–Crippen LogP) is -0.502.